The van der Waals surface area contributed by atoms with Crippen LogP contribution in [0.4, 0.5) is 0 Å². The summed E-state index contributed by atoms with van der Waals surface area (Å²) in [4.78, 5) is 11.5. The lowest BCUT2D eigenvalue weighted by Gasteiger charge is -2.04. The lowest BCUT2D eigenvalue weighted by molar-refractivity contribution is -0.145. The third-order valence-corrected chi connectivity index (χ3v) is 3.94. The number of furan rings is 1. The van der Waals surface area contributed by atoms with Gasteiger partial charge in [0.05, 0.1) is 6.26 Å². The van der Waals surface area contributed by atoms with Crippen LogP contribution in [-0.2, 0) is 16.1 Å². The van der Waals surface area contributed by atoms with Crippen LogP contribution in [0.15, 0.2) is 22.8 Å². The molecular formula is C19H32O3. The first kappa shape index (κ1) is 18.8. The number of carbonyl (C=O) groups excluding carboxylic acids is 1. The van der Waals surface area contributed by atoms with Crippen LogP contribution in [0.3, 0.4) is 0 Å². The second-order valence-electron chi connectivity index (χ2n) is 6.03. The Morgan fingerprint density at radius 1 is 0.955 bits per heavy atom. The first-order valence-corrected chi connectivity index (χ1v) is 9.01. The summed E-state index contributed by atoms with van der Waals surface area (Å²) in [6.07, 6.45) is 16.3. The Morgan fingerprint density at radius 2 is 1.55 bits per heavy atom. The molecule has 0 amide bonds. The highest BCUT2D eigenvalue weighted by Crippen LogP contribution is 2.12. The van der Waals surface area contributed by atoms with E-state index in [0.29, 0.717) is 12.2 Å². The molecule has 1 heterocycles. The van der Waals surface area contributed by atoms with Gasteiger partial charge >= 0.3 is 5.97 Å². The van der Waals surface area contributed by atoms with Gasteiger partial charge in [0.2, 0.25) is 0 Å². The third kappa shape index (κ3) is 10.5. The summed E-state index contributed by atoms with van der Waals surface area (Å²) in [6, 6.07) is 3.61. The van der Waals surface area contributed by atoms with Crippen molar-refractivity contribution in [1.29, 1.82) is 0 Å². The predicted octanol–water partition coefficient (Wildman–Crippen LogP) is 6.02. The van der Waals surface area contributed by atoms with Gasteiger partial charge in [-0.05, 0) is 18.6 Å². The molecule has 3 nitrogen and oxygen atoms in total. The molecule has 0 bridgehead atoms. The highest BCUT2D eigenvalue weighted by atomic mass is 16.5. The molecule has 1 aromatic rings. The van der Waals surface area contributed by atoms with E-state index < -0.39 is 0 Å². The Bertz CT molecular complexity index is 357. The maximum atomic E-state index is 11.5. The van der Waals surface area contributed by atoms with Crippen LogP contribution in [0.5, 0.6) is 0 Å². The topological polar surface area (TPSA) is 39.4 Å². The molecule has 0 radical (unpaired) electrons. The minimum atomic E-state index is -0.118. The van der Waals surface area contributed by atoms with Crippen LogP contribution in [0, 0.1) is 0 Å². The molecule has 3 heteroatoms. The molecule has 0 spiro atoms. The summed E-state index contributed by atoms with van der Waals surface area (Å²) in [6.45, 7) is 2.51. The summed E-state index contributed by atoms with van der Waals surface area (Å²) < 4.78 is 10.3. The van der Waals surface area contributed by atoms with Crippen molar-refractivity contribution in [1.82, 2.24) is 0 Å². The van der Waals surface area contributed by atoms with Gasteiger partial charge in [-0.25, -0.2) is 0 Å². The monoisotopic (exact) mass is 308 g/mol. The molecule has 22 heavy (non-hydrogen) atoms. The molecule has 0 unspecified atom stereocenters. The molecule has 0 saturated carbocycles. The fraction of sp³-hybridized carbons (Fsp3) is 0.737. The van der Waals surface area contributed by atoms with E-state index in [4.69, 9.17) is 9.15 Å². The Kier molecular flexibility index (Phi) is 11.5. The molecule has 1 aromatic heterocycles. The van der Waals surface area contributed by atoms with E-state index in [0.717, 1.165) is 12.8 Å². The molecule has 0 atom stereocenters. The van der Waals surface area contributed by atoms with Crippen molar-refractivity contribution < 1.29 is 13.9 Å². The highest BCUT2D eigenvalue weighted by Gasteiger charge is 2.04. The molecule has 0 aromatic carbocycles. The standard InChI is InChI=1S/C19H32O3/c1-2-3-4-5-6-7-8-9-10-11-12-15-19(20)22-17-18-14-13-16-21-18/h13-14,16H,2-12,15,17H2,1H3. The SMILES string of the molecule is CCCCCCCCCCCCCC(=O)OCc1ccco1. The lowest BCUT2D eigenvalue weighted by atomic mass is 10.1. The van der Waals surface area contributed by atoms with Gasteiger partial charge in [0.1, 0.15) is 12.4 Å². The van der Waals surface area contributed by atoms with E-state index in [1.807, 2.05) is 6.07 Å². The predicted molar refractivity (Wildman–Crippen MR) is 89.6 cm³/mol. The summed E-state index contributed by atoms with van der Waals surface area (Å²) in [5.74, 6) is 0.583. The molecule has 1 rings (SSSR count). The van der Waals surface area contributed by atoms with E-state index in [1.165, 1.54) is 57.8 Å². The van der Waals surface area contributed by atoms with Gasteiger partial charge in [0.25, 0.3) is 0 Å². The van der Waals surface area contributed by atoms with Crippen LogP contribution in [0.2, 0.25) is 0 Å². The zero-order valence-electron chi connectivity index (χ0n) is 14.1. The van der Waals surface area contributed by atoms with Gasteiger partial charge in [-0.3, -0.25) is 4.79 Å². The van der Waals surface area contributed by atoms with Crippen molar-refractivity contribution in [2.75, 3.05) is 0 Å². The van der Waals surface area contributed by atoms with Crippen molar-refractivity contribution in [2.24, 2.45) is 0 Å². The van der Waals surface area contributed by atoms with Gasteiger partial charge < -0.3 is 9.15 Å². The number of hydrogen-bond donors (Lipinski definition) is 0. The van der Waals surface area contributed by atoms with E-state index in [9.17, 15) is 4.79 Å². The number of ether oxygens (including phenoxy) is 1. The summed E-state index contributed by atoms with van der Waals surface area (Å²) >= 11 is 0. The van der Waals surface area contributed by atoms with Gasteiger partial charge in [0.15, 0.2) is 0 Å². The number of carbonyl (C=O) groups is 1. The summed E-state index contributed by atoms with van der Waals surface area (Å²) in [7, 11) is 0. The average Bonchev–Trinajstić information content (AvgIpc) is 3.04. The molecule has 0 N–H and O–H groups in total. The van der Waals surface area contributed by atoms with E-state index >= 15 is 0 Å². The smallest absolute Gasteiger partial charge is 0.306 e. The Labute approximate surface area is 135 Å². The molecule has 0 aliphatic heterocycles. The van der Waals surface area contributed by atoms with Crippen molar-refractivity contribution in [2.45, 2.75) is 90.6 Å². The van der Waals surface area contributed by atoms with Crippen LogP contribution >= 0.6 is 0 Å². The van der Waals surface area contributed by atoms with Gasteiger partial charge in [-0.15, -0.1) is 0 Å². The molecular weight excluding hydrogens is 276 g/mol. The molecule has 0 saturated heterocycles. The first-order chi connectivity index (χ1) is 10.8. The Hall–Kier alpha value is -1.25. The van der Waals surface area contributed by atoms with Crippen molar-refractivity contribution >= 4 is 5.97 Å². The minimum Gasteiger partial charge on any atom is -0.466 e. The lowest BCUT2D eigenvalue weighted by Crippen LogP contribution is -2.03. The fourth-order valence-corrected chi connectivity index (χ4v) is 2.55. The highest BCUT2D eigenvalue weighted by molar-refractivity contribution is 5.69. The van der Waals surface area contributed by atoms with Crippen molar-refractivity contribution in [3.8, 4) is 0 Å². The Morgan fingerprint density at radius 3 is 2.09 bits per heavy atom. The van der Waals surface area contributed by atoms with Crippen molar-refractivity contribution in [3.05, 3.63) is 24.2 Å². The molecule has 126 valence electrons. The van der Waals surface area contributed by atoms with Crippen LogP contribution in [0.25, 0.3) is 0 Å². The fourth-order valence-electron chi connectivity index (χ4n) is 2.55. The maximum absolute atomic E-state index is 11.5. The summed E-state index contributed by atoms with van der Waals surface area (Å²) in [5.41, 5.74) is 0. The third-order valence-electron chi connectivity index (χ3n) is 3.94. The van der Waals surface area contributed by atoms with Gasteiger partial charge in [0, 0.05) is 6.42 Å². The summed E-state index contributed by atoms with van der Waals surface area (Å²) in [5, 5.41) is 0. The first-order valence-electron chi connectivity index (χ1n) is 9.01. The minimum absolute atomic E-state index is 0.118. The Balaban J connectivity index is 1.80. The zero-order valence-corrected chi connectivity index (χ0v) is 14.1. The number of esters is 1. The van der Waals surface area contributed by atoms with Gasteiger partial charge in [-0.1, -0.05) is 71.1 Å². The van der Waals surface area contributed by atoms with E-state index in [2.05, 4.69) is 6.92 Å². The number of rotatable bonds is 14. The molecule has 0 aliphatic rings. The zero-order chi connectivity index (χ0) is 15.9. The maximum Gasteiger partial charge on any atom is 0.306 e. The van der Waals surface area contributed by atoms with Gasteiger partial charge in [-0.2, -0.15) is 0 Å². The van der Waals surface area contributed by atoms with E-state index in [-0.39, 0.29) is 12.6 Å². The molecule has 0 fully saturated rings. The van der Waals surface area contributed by atoms with Crippen LogP contribution in [-0.4, -0.2) is 5.97 Å². The number of unbranched alkanes of at least 4 members (excludes halogenated alkanes) is 10. The van der Waals surface area contributed by atoms with E-state index in [1.54, 1.807) is 12.3 Å². The quantitative estimate of drug-likeness (QED) is 0.311. The second-order valence-corrected chi connectivity index (χ2v) is 6.03. The van der Waals surface area contributed by atoms with Crippen molar-refractivity contribution in [3.63, 3.8) is 0 Å². The van der Waals surface area contributed by atoms with Crippen LogP contribution in [0.1, 0.15) is 89.7 Å². The average molecular weight is 308 g/mol. The van der Waals surface area contributed by atoms with Crippen LogP contribution < -0.4 is 0 Å². The number of hydrogen-bond acceptors (Lipinski definition) is 3. The molecule has 0 aliphatic carbocycles. The second kappa shape index (κ2) is 13.4. The normalized spacial score (nSPS) is 10.8. The largest absolute Gasteiger partial charge is 0.466 e.